The standard InChI is InChI=1S/C10H15N5O3/c11-10-12-4-8(15(17)18)9(14-10)13-7-3-1-2-6(7)5-16/h4,6-7,16H,1-3,5H2,(H3,11,12,13,14). The Balaban J connectivity index is 2.22. The third-order valence-corrected chi connectivity index (χ3v) is 3.20. The molecule has 0 spiro atoms. The van der Waals surface area contributed by atoms with Crippen LogP contribution in [0.4, 0.5) is 17.5 Å². The van der Waals surface area contributed by atoms with Gasteiger partial charge in [0.1, 0.15) is 6.20 Å². The van der Waals surface area contributed by atoms with Crippen LogP contribution in [0.1, 0.15) is 19.3 Å². The molecule has 98 valence electrons. The van der Waals surface area contributed by atoms with Gasteiger partial charge in [-0.2, -0.15) is 4.98 Å². The molecule has 1 heterocycles. The summed E-state index contributed by atoms with van der Waals surface area (Å²) >= 11 is 0. The van der Waals surface area contributed by atoms with Crippen LogP contribution in [0.25, 0.3) is 0 Å². The SMILES string of the molecule is Nc1ncc([N+](=O)[O-])c(NC2CCCC2CO)n1. The monoisotopic (exact) mass is 253 g/mol. The van der Waals surface area contributed by atoms with Crippen LogP contribution in [0.15, 0.2) is 6.20 Å². The van der Waals surface area contributed by atoms with Gasteiger partial charge in [0.05, 0.1) is 4.92 Å². The summed E-state index contributed by atoms with van der Waals surface area (Å²) in [5.41, 5.74) is 5.23. The Labute approximate surface area is 103 Å². The van der Waals surface area contributed by atoms with Crippen molar-refractivity contribution in [2.24, 2.45) is 5.92 Å². The molecule has 0 amide bonds. The van der Waals surface area contributed by atoms with Crippen molar-refractivity contribution < 1.29 is 10.0 Å². The molecule has 1 saturated carbocycles. The third kappa shape index (κ3) is 2.48. The van der Waals surface area contributed by atoms with Crippen LogP contribution in [0, 0.1) is 16.0 Å². The smallest absolute Gasteiger partial charge is 0.329 e. The van der Waals surface area contributed by atoms with E-state index in [4.69, 9.17) is 5.73 Å². The number of nitrogen functional groups attached to an aromatic ring is 1. The van der Waals surface area contributed by atoms with Crippen molar-refractivity contribution in [2.75, 3.05) is 17.7 Å². The molecule has 8 heteroatoms. The summed E-state index contributed by atoms with van der Waals surface area (Å²) in [5.74, 6) is 0.209. The van der Waals surface area contributed by atoms with Gasteiger partial charge in [0.15, 0.2) is 0 Å². The number of nitrogens with two attached hydrogens (primary N) is 1. The highest BCUT2D eigenvalue weighted by Crippen LogP contribution is 2.30. The number of aliphatic hydroxyl groups is 1. The van der Waals surface area contributed by atoms with Crippen LogP contribution in [0.5, 0.6) is 0 Å². The van der Waals surface area contributed by atoms with Crippen molar-refractivity contribution >= 4 is 17.5 Å². The average molecular weight is 253 g/mol. The molecule has 4 N–H and O–H groups in total. The van der Waals surface area contributed by atoms with E-state index in [1.807, 2.05) is 0 Å². The number of aromatic nitrogens is 2. The molecule has 18 heavy (non-hydrogen) atoms. The molecule has 0 aliphatic heterocycles. The predicted octanol–water partition coefficient (Wildman–Crippen LogP) is 0.540. The Bertz CT molecular complexity index is 453. The fraction of sp³-hybridized carbons (Fsp3) is 0.600. The lowest BCUT2D eigenvalue weighted by atomic mass is 10.1. The largest absolute Gasteiger partial charge is 0.396 e. The van der Waals surface area contributed by atoms with Crippen molar-refractivity contribution in [1.82, 2.24) is 9.97 Å². The molecule has 1 aliphatic rings. The second kappa shape index (κ2) is 5.13. The number of nitrogens with one attached hydrogen (secondary N) is 1. The minimum atomic E-state index is -0.551. The highest BCUT2D eigenvalue weighted by Gasteiger charge is 2.29. The summed E-state index contributed by atoms with van der Waals surface area (Å²) in [7, 11) is 0. The van der Waals surface area contributed by atoms with Crippen LogP contribution in [0.2, 0.25) is 0 Å². The highest BCUT2D eigenvalue weighted by atomic mass is 16.6. The van der Waals surface area contributed by atoms with E-state index in [2.05, 4.69) is 15.3 Å². The van der Waals surface area contributed by atoms with Crippen molar-refractivity contribution in [2.45, 2.75) is 25.3 Å². The molecule has 0 saturated heterocycles. The first-order valence-electron chi connectivity index (χ1n) is 5.76. The van der Waals surface area contributed by atoms with Gasteiger partial charge in [-0.15, -0.1) is 0 Å². The van der Waals surface area contributed by atoms with E-state index in [0.29, 0.717) is 0 Å². The molecule has 0 aromatic carbocycles. The second-order valence-electron chi connectivity index (χ2n) is 4.34. The molecule has 1 aromatic rings. The first-order chi connectivity index (χ1) is 8.61. The maximum absolute atomic E-state index is 10.9. The number of hydrogen-bond donors (Lipinski definition) is 3. The van der Waals surface area contributed by atoms with Crippen molar-refractivity contribution in [3.63, 3.8) is 0 Å². The predicted molar refractivity (Wildman–Crippen MR) is 64.9 cm³/mol. The van der Waals surface area contributed by atoms with Crippen LogP contribution >= 0.6 is 0 Å². The lowest BCUT2D eigenvalue weighted by Crippen LogP contribution is -2.27. The first-order valence-corrected chi connectivity index (χ1v) is 5.76. The van der Waals surface area contributed by atoms with Crippen LogP contribution in [0.3, 0.4) is 0 Å². The molecule has 8 nitrogen and oxygen atoms in total. The summed E-state index contributed by atoms with van der Waals surface area (Å²) in [6, 6.07) is -0.0111. The first kappa shape index (κ1) is 12.5. The fourth-order valence-corrected chi connectivity index (χ4v) is 2.25. The Hall–Kier alpha value is -1.96. The fourth-order valence-electron chi connectivity index (χ4n) is 2.25. The quantitative estimate of drug-likeness (QED) is 0.527. The molecule has 2 atom stereocenters. The van der Waals surface area contributed by atoms with Crippen LogP contribution in [-0.2, 0) is 0 Å². The maximum Gasteiger partial charge on any atom is 0.329 e. The normalized spacial score (nSPS) is 22.9. The summed E-state index contributed by atoms with van der Waals surface area (Å²) in [4.78, 5) is 17.8. The number of hydrogen-bond acceptors (Lipinski definition) is 7. The van der Waals surface area contributed by atoms with Gasteiger partial charge in [0.25, 0.3) is 0 Å². The lowest BCUT2D eigenvalue weighted by molar-refractivity contribution is -0.384. The molecule has 2 rings (SSSR count). The van der Waals surface area contributed by atoms with Crippen LogP contribution < -0.4 is 11.1 Å². The van der Waals surface area contributed by atoms with Gasteiger partial charge in [-0.1, -0.05) is 6.42 Å². The second-order valence-corrected chi connectivity index (χ2v) is 4.34. The molecule has 0 bridgehead atoms. The zero-order valence-corrected chi connectivity index (χ0v) is 9.74. The lowest BCUT2D eigenvalue weighted by Gasteiger charge is -2.19. The summed E-state index contributed by atoms with van der Waals surface area (Å²) < 4.78 is 0. The van der Waals surface area contributed by atoms with Gasteiger partial charge < -0.3 is 16.2 Å². The summed E-state index contributed by atoms with van der Waals surface area (Å²) in [5, 5.41) is 23.1. The van der Waals surface area contributed by atoms with Crippen molar-refractivity contribution in [3.05, 3.63) is 16.3 Å². The van der Waals surface area contributed by atoms with E-state index in [1.165, 1.54) is 0 Å². The average Bonchev–Trinajstić information content (AvgIpc) is 2.76. The van der Waals surface area contributed by atoms with Gasteiger partial charge in [-0.3, -0.25) is 10.1 Å². The minimum absolute atomic E-state index is 0.0111. The van der Waals surface area contributed by atoms with Crippen LogP contribution in [-0.4, -0.2) is 32.6 Å². The third-order valence-electron chi connectivity index (χ3n) is 3.20. The van der Waals surface area contributed by atoms with Gasteiger partial charge in [-0.25, -0.2) is 4.98 Å². The van der Waals surface area contributed by atoms with Gasteiger partial charge in [0, 0.05) is 18.6 Å². The number of aliphatic hydroxyl groups excluding tert-OH is 1. The number of rotatable bonds is 4. The highest BCUT2D eigenvalue weighted by molar-refractivity contribution is 5.57. The molecular formula is C10H15N5O3. The molecule has 2 unspecified atom stereocenters. The van der Waals surface area contributed by atoms with Gasteiger partial charge in [-0.05, 0) is 12.8 Å². The van der Waals surface area contributed by atoms with Crippen molar-refractivity contribution in [3.8, 4) is 0 Å². The van der Waals surface area contributed by atoms with Gasteiger partial charge >= 0.3 is 5.69 Å². The zero-order valence-electron chi connectivity index (χ0n) is 9.74. The Kier molecular flexibility index (Phi) is 3.56. The molecular weight excluding hydrogens is 238 g/mol. The molecule has 0 radical (unpaired) electrons. The van der Waals surface area contributed by atoms with E-state index >= 15 is 0 Å². The topological polar surface area (TPSA) is 127 Å². The number of nitrogens with zero attached hydrogens (tertiary/aromatic N) is 3. The van der Waals surface area contributed by atoms with E-state index in [-0.39, 0.29) is 36.0 Å². The number of anilines is 2. The summed E-state index contributed by atoms with van der Waals surface area (Å²) in [6.07, 6.45) is 3.83. The zero-order chi connectivity index (χ0) is 13.1. The van der Waals surface area contributed by atoms with E-state index < -0.39 is 4.92 Å². The van der Waals surface area contributed by atoms with Crippen molar-refractivity contribution in [1.29, 1.82) is 0 Å². The Morgan fingerprint density at radius 1 is 1.61 bits per heavy atom. The van der Waals surface area contributed by atoms with E-state index in [1.54, 1.807) is 0 Å². The number of nitro groups is 1. The van der Waals surface area contributed by atoms with Gasteiger partial charge in [0.2, 0.25) is 11.8 Å². The minimum Gasteiger partial charge on any atom is -0.396 e. The van der Waals surface area contributed by atoms with E-state index in [9.17, 15) is 15.2 Å². The maximum atomic E-state index is 10.9. The molecule has 1 fully saturated rings. The molecule has 1 aliphatic carbocycles. The molecule has 1 aromatic heterocycles. The Morgan fingerprint density at radius 3 is 3.06 bits per heavy atom. The van der Waals surface area contributed by atoms with E-state index in [0.717, 1.165) is 25.5 Å². The summed E-state index contributed by atoms with van der Waals surface area (Å²) in [6.45, 7) is 0.0615. The Morgan fingerprint density at radius 2 is 2.39 bits per heavy atom.